The molecular weight excluding hydrogens is 342 g/mol. The molecule has 0 saturated carbocycles. The summed E-state index contributed by atoms with van der Waals surface area (Å²) in [5.41, 5.74) is 13.9. The van der Waals surface area contributed by atoms with E-state index in [0.717, 1.165) is 0 Å². The van der Waals surface area contributed by atoms with E-state index in [4.69, 9.17) is 11.5 Å². The number of nitrogen functional groups attached to an aromatic ring is 2. The SMILES string of the molecule is Nc1cc(N)cc(C(=O)Nc2cccc3c2C(=O)c2ccccc2C3=O)c1. The van der Waals surface area contributed by atoms with Gasteiger partial charge in [-0.25, -0.2) is 0 Å². The number of nitrogens with one attached hydrogen (secondary N) is 1. The van der Waals surface area contributed by atoms with E-state index >= 15 is 0 Å². The summed E-state index contributed by atoms with van der Waals surface area (Å²) in [5.74, 6) is -1.02. The highest BCUT2D eigenvalue weighted by Gasteiger charge is 2.31. The topological polar surface area (TPSA) is 115 Å². The molecule has 0 radical (unpaired) electrons. The van der Waals surface area contributed by atoms with Gasteiger partial charge in [-0.05, 0) is 24.3 Å². The zero-order valence-electron chi connectivity index (χ0n) is 14.2. The smallest absolute Gasteiger partial charge is 0.255 e. The van der Waals surface area contributed by atoms with E-state index in [1.165, 1.54) is 12.1 Å². The lowest BCUT2D eigenvalue weighted by molar-refractivity contribution is 0.0978. The van der Waals surface area contributed by atoms with Crippen LogP contribution in [-0.4, -0.2) is 17.5 Å². The molecule has 0 saturated heterocycles. The molecule has 4 rings (SSSR count). The Hall–Kier alpha value is -3.93. The van der Waals surface area contributed by atoms with Gasteiger partial charge in [-0.15, -0.1) is 0 Å². The van der Waals surface area contributed by atoms with Crippen LogP contribution in [0, 0.1) is 0 Å². The van der Waals surface area contributed by atoms with Crippen LogP contribution in [0.3, 0.4) is 0 Å². The van der Waals surface area contributed by atoms with E-state index in [2.05, 4.69) is 5.32 Å². The van der Waals surface area contributed by atoms with Crippen LogP contribution in [0.1, 0.15) is 42.2 Å². The Morgan fingerprint density at radius 2 is 1.33 bits per heavy atom. The summed E-state index contributed by atoms with van der Waals surface area (Å²) in [6.45, 7) is 0. The van der Waals surface area contributed by atoms with Crippen LogP contribution in [0.5, 0.6) is 0 Å². The highest BCUT2D eigenvalue weighted by Crippen LogP contribution is 2.32. The van der Waals surface area contributed by atoms with Gasteiger partial charge in [0.05, 0.1) is 11.3 Å². The van der Waals surface area contributed by atoms with Crippen LogP contribution < -0.4 is 16.8 Å². The highest BCUT2D eigenvalue weighted by molar-refractivity contribution is 6.30. The van der Waals surface area contributed by atoms with Crippen molar-refractivity contribution in [1.82, 2.24) is 0 Å². The Morgan fingerprint density at radius 1 is 0.741 bits per heavy atom. The lowest BCUT2D eigenvalue weighted by Crippen LogP contribution is -2.24. The molecule has 1 aliphatic carbocycles. The van der Waals surface area contributed by atoms with Gasteiger partial charge in [0, 0.05) is 33.6 Å². The summed E-state index contributed by atoms with van der Waals surface area (Å²) in [4.78, 5) is 38.3. The Bertz CT molecular complexity index is 1120. The summed E-state index contributed by atoms with van der Waals surface area (Å²) in [6, 6.07) is 16.0. The largest absolute Gasteiger partial charge is 0.399 e. The molecule has 0 fully saturated rings. The molecule has 27 heavy (non-hydrogen) atoms. The number of nitrogens with two attached hydrogens (primary N) is 2. The first kappa shape index (κ1) is 16.5. The fraction of sp³-hybridized carbons (Fsp3) is 0. The predicted molar refractivity (Wildman–Crippen MR) is 103 cm³/mol. The maximum absolute atomic E-state index is 13.0. The van der Waals surface area contributed by atoms with Crippen LogP contribution >= 0.6 is 0 Å². The van der Waals surface area contributed by atoms with Crippen molar-refractivity contribution < 1.29 is 14.4 Å². The number of hydrogen-bond acceptors (Lipinski definition) is 5. The zero-order valence-corrected chi connectivity index (χ0v) is 14.2. The van der Waals surface area contributed by atoms with Crippen LogP contribution in [0.2, 0.25) is 0 Å². The second kappa shape index (κ2) is 6.10. The minimum Gasteiger partial charge on any atom is -0.399 e. The minimum absolute atomic E-state index is 0.187. The third-order valence-electron chi connectivity index (χ3n) is 4.44. The van der Waals surface area contributed by atoms with Crippen molar-refractivity contribution in [3.63, 3.8) is 0 Å². The van der Waals surface area contributed by atoms with Crippen molar-refractivity contribution in [2.24, 2.45) is 0 Å². The third kappa shape index (κ3) is 2.73. The highest BCUT2D eigenvalue weighted by atomic mass is 16.2. The van der Waals surface area contributed by atoms with E-state index in [1.54, 1.807) is 48.5 Å². The van der Waals surface area contributed by atoms with E-state index in [0.29, 0.717) is 22.5 Å². The molecule has 6 nitrogen and oxygen atoms in total. The van der Waals surface area contributed by atoms with E-state index in [-0.39, 0.29) is 33.9 Å². The predicted octanol–water partition coefficient (Wildman–Crippen LogP) is 2.88. The molecule has 132 valence electrons. The Balaban J connectivity index is 1.77. The molecule has 5 N–H and O–H groups in total. The van der Waals surface area contributed by atoms with Gasteiger partial charge in [-0.1, -0.05) is 36.4 Å². The monoisotopic (exact) mass is 357 g/mol. The molecule has 6 heteroatoms. The summed E-state index contributed by atoms with van der Waals surface area (Å²) in [5, 5.41) is 2.70. The summed E-state index contributed by atoms with van der Waals surface area (Å²) < 4.78 is 0. The first-order valence-corrected chi connectivity index (χ1v) is 8.24. The van der Waals surface area contributed by atoms with E-state index in [9.17, 15) is 14.4 Å². The lowest BCUT2D eigenvalue weighted by atomic mass is 9.83. The number of ketones is 2. The van der Waals surface area contributed by atoms with Gasteiger partial charge < -0.3 is 16.8 Å². The quantitative estimate of drug-likeness (QED) is 0.477. The van der Waals surface area contributed by atoms with Gasteiger partial charge in [0.15, 0.2) is 11.6 Å². The van der Waals surface area contributed by atoms with Gasteiger partial charge in [0.25, 0.3) is 5.91 Å². The second-order valence-corrected chi connectivity index (χ2v) is 6.27. The number of carbonyl (C=O) groups is 3. The molecule has 3 aromatic rings. The Morgan fingerprint density at radius 3 is 2.00 bits per heavy atom. The van der Waals surface area contributed by atoms with E-state index < -0.39 is 5.91 Å². The number of carbonyl (C=O) groups excluding carboxylic acids is 3. The van der Waals surface area contributed by atoms with Crippen molar-refractivity contribution in [3.8, 4) is 0 Å². The number of benzene rings is 3. The molecule has 0 spiro atoms. The molecule has 1 aliphatic rings. The summed E-state index contributed by atoms with van der Waals surface area (Å²) in [6.07, 6.45) is 0. The number of fused-ring (bicyclic) bond motifs is 2. The number of amides is 1. The Labute approximate surface area is 154 Å². The van der Waals surface area contributed by atoms with Crippen molar-refractivity contribution >= 4 is 34.5 Å². The van der Waals surface area contributed by atoms with Crippen molar-refractivity contribution in [3.05, 3.63) is 88.5 Å². The summed E-state index contributed by atoms with van der Waals surface area (Å²) >= 11 is 0. The molecule has 0 aromatic heterocycles. The number of rotatable bonds is 2. The number of hydrogen-bond donors (Lipinski definition) is 3. The van der Waals surface area contributed by atoms with Gasteiger partial charge in [-0.3, -0.25) is 14.4 Å². The zero-order chi connectivity index (χ0) is 19.1. The van der Waals surface area contributed by atoms with Crippen LogP contribution in [0.15, 0.2) is 60.7 Å². The molecule has 3 aromatic carbocycles. The van der Waals surface area contributed by atoms with Gasteiger partial charge in [-0.2, -0.15) is 0 Å². The average molecular weight is 357 g/mol. The average Bonchev–Trinajstić information content (AvgIpc) is 2.65. The van der Waals surface area contributed by atoms with Crippen molar-refractivity contribution in [2.45, 2.75) is 0 Å². The van der Waals surface area contributed by atoms with Crippen molar-refractivity contribution in [1.29, 1.82) is 0 Å². The summed E-state index contributed by atoms with van der Waals surface area (Å²) in [7, 11) is 0. The molecule has 0 aliphatic heterocycles. The maximum atomic E-state index is 13.0. The fourth-order valence-corrected chi connectivity index (χ4v) is 3.25. The normalized spacial score (nSPS) is 12.3. The Kier molecular flexibility index (Phi) is 3.74. The van der Waals surface area contributed by atoms with Crippen molar-refractivity contribution in [2.75, 3.05) is 16.8 Å². The first-order valence-electron chi connectivity index (χ1n) is 8.24. The van der Waals surface area contributed by atoms with Crippen LogP contribution in [-0.2, 0) is 0 Å². The van der Waals surface area contributed by atoms with E-state index in [1.807, 2.05) is 0 Å². The third-order valence-corrected chi connectivity index (χ3v) is 4.44. The lowest BCUT2D eigenvalue weighted by Gasteiger charge is -2.20. The van der Waals surface area contributed by atoms with Gasteiger partial charge in [0.1, 0.15) is 0 Å². The maximum Gasteiger partial charge on any atom is 0.255 e. The molecule has 0 atom stereocenters. The molecule has 0 heterocycles. The number of anilines is 3. The minimum atomic E-state index is -0.471. The first-order chi connectivity index (χ1) is 13.0. The fourth-order valence-electron chi connectivity index (χ4n) is 3.25. The van der Waals surface area contributed by atoms with Gasteiger partial charge in [0.2, 0.25) is 0 Å². The molecule has 0 unspecified atom stereocenters. The molecule has 0 bridgehead atoms. The van der Waals surface area contributed by atoms with Gasteiger partial charge >= 0.3 is 0 Å². The van der Waals surface area contributed by atoms with Crippen LogP contribution in [0.4, 0.5) is 17.1 Å². The molecular formula is C21H15N3O3. The standard InChI is InChI=1S/C21H15N3O3/c22-12-8-11(9-13(23)10-12)21(27)24-17-7-3-6-16-18(17)20(26)15-5-2-1-4-14(15)19(16)25/h1-10H,22-23H2,(H,24,27). The van der Waals surface area contributed by atoms with Crippen LogP contribution in [0.25, 0.3) is 0 Å². The second-order valence-electron chi connectivity index (χ2n) is 6.27. The molecule has 1 amide bonds.